The third-order valence-electron chi connectivity index (χ3n) is 3.45. The highest BCUT2D eigenvalue weighted by molar-refractivity contribution is 8.00. The average molecular weight is 236 g/mol. The zero-order valence-electron chi connectivity index (χ0n) is 10.1. The SMILES string of the molecule is Cc1cccc(C)c1CC(O)C1CCCS1. The molecule has 1 aliphatic heterocycles. The predicted octanol–water partition coefficient (Wildman–Crippen LogP) is 3.10. The van der Waals surface area contributed by atoms with Crippen LogP contribution in [0.1, 0.15) is 29.5 Å². The maximum atomic E-state index is 10.2. The number of aliphatic hydroxyl groups excluding tert-OH is 1. The Morgan fingerprint density at radius 1 is 1.38 bits per heavy atom. The van der Waals surface area contributed by atoms with Gasteiger partial charge in [-0.2, -0.15) is 11.8 Å². The fourth-order valence-corrected chi connectivity index (χ4v) is 3.71. The van der Waals surface area contributed by atoms with Crippen molar-refractivity contribution in [3.63, 3.8) is 0 Å². The minimum atomic E-state index is -0.174. The predicted molar refractivity (Wildman–Crippen MR) is 71.1 cm³/mol. The summed E-state index contributed by atoms with van der Waals surface area (Å²) >= 11 is 1.93. The van der Waals surface area contributed by atoms with Crippen molar-refractivity contribution in [2.24, 2.45) is 0 Å². The van der Waals surface area contributed by atoms with Crippen molar-refractivity contribution in [3.05, 3.63) is 34.9 Å². The molecule has 0 spiro atoms. The van der Waals surface area contributed by atoms with Gasteiger partial charge in [-0.1, -0.05) is 18.2 Å². The Labute approximate surface area is 102 Å². The van der Waals surface area contributed by atoms with Gasteiger partial charge in [0.25, 0.3) is 0 Å². The van der Waals surface area contributed by atoms with Gasteiger partial charge in [0.1, 0.15) is 0 Å². The highest BCUT2D eigenvalue weighted by atomic mass is 32.2. The summed E-state index contributed by atoms with van der Waals surface area (Å²) in [6.45, 7) is 4.27. The fourth-order valence-electron chi connectivity index (χ4n) is 2.42. The summed E-state index contributed by atoms with van der Waals surface area (Å²) in [7, 11) is 0. The van der Waals surface area contributed by atoms with E-state index < -0.39 is 0 Å². The first-order valence-corrected chi connectivity index (χ1v) is 7.08. The molecule has 1 heterocycles. The largest absolute Gasteiger partial charge is 0.392 e. The molecule has 88 valence electrons. The number of benzene rings is 1. The Bertz CT molecular complexity index is 336. The molecule has 2 rings (SSSR count). The molecule has 1 aromatic carbocycles. The molecule has 0 bridgehead atoms. The van der Waals surface area contributed by atoms with Gasteiger partial charge in [0.2, 0.25) is 0 Å². The third-order valence-corrected chi connectivity index (χ3v) is 4.95. The molecule has 0 radical (unpaired) electrons. The smallest absolute Gasteiger partial charge is 0.0699 e. The van der Waals surface area contributed by atoms with E-state index in [1.165, 1.54) is 35.3 Å². The van der Waals surface area contributed by atoms with Crippen LogP contribution in [-0.4, -0.2) is 22.2 Å². The van der Waals surface area contributed by atoms with Crippen molar-refractivity contribution in [2.75, 3.05) is 5.75 Å². The van der Waals surface area contributed by atoms with Crippen LogP contribution >= 0.6 is 11.8 Å². The molecular weight excluding hydrogens is 216 g/mol. The van der Waals surface area contributed by atoms with Crippen molar-refractivity contribution >= 4 is 11.8 Å². The van der Waals surface area contributed by atoms with E-state index in [1.54, 1.807) is 0 Å². The topological polar surface area (TPSA) is 20.2 Å². The van der Waals surface area contributed by atoms with Crippen LogP contribution in [0.3, 0.4) is 0 Å². The molecule has 1 aliphatic rings. The Balaban J connectivity index is 2.07. The van der Waals surface area contributed by atoms with Gasteiger partial charge in [-0.15, -0.1) is 0 Å². The van der Waals surface area contributed by atoms with Gasteiger partial charge in [-0.25, -0.2) is 0 Å². The molecule has 1 nitrogen and oxygen atoms in total. The second-order valence-corrected chi connectivity index (χ2v) is 6.04. The van der Waals surface area contributed by atoms with Gasteiger partial charge in [0.05, 0.1) is 6.10 Å². The lowest BCUT2D eigenvalue weighted by Gasteiger charge is -2.19. The second-order valence-electron chi connectivity index (χ2n) is 4.69. The molecule has 16 heavy (non-hydrogen) atoms. The van der Waals surface area contributed by atoms with E-state index in [2.05, 4.69) is 32.0 Å². The maximum Gasteiger partial charge on any atom is 0.0699 e. The number of aliphatic hydroxyl groups is 1. The van der Waals surface area contributed by atoms with Crippen molar-refractivity contribution < 1.29 is 5.11 Å². The highest BCUT2D eigenvalue weighted by Gasteiger charge is 2.24. The molecule has 2 heteroatoms. The van der Waals surface area contributed by atoms with Gasteiger partial charge < -0.3 is 5.11 Å². The Morgan fingerprint density at radius 2 is 2.06 bits per heavy atom. The van der Waals surface area contributed by atoms with Crippen LogP contribution in [0.5, 0.6) is 0 Å². The van der Waals surface area contributed by atoms with Gasteiger partial charge in [-0.05, 0) is 55.6 Å². The molecule has 1 fully saturated rings. The zero-order valence-corrected chi connectivity index (χ0v) is 10.9. The summed E-state index contributed by atoms with van der Waals surface area (Å²) in [6, 6.07) is 6.36. The molecule has 0 aliphatic carbocycles. The quantitative estimate of drug-likeness (QED) is 0.870. The minimum absolute atomic E-state index is 0.174. The van der Waals surface area contributed by atoms with Crippen LogP contribution in [0.25, 0.3) is 0 Å². The second kappa shape index (κ2) is 5.24. The number of hydrogen-bond acceptors (Lipinski definition) is 2. The van der Waals surface area contributed by atoms with Crippen molar-refractivity contribution in [1.82, 2.24) is 0 Å². The van der Waals surface area contributed by atoms with Crippen LogP contribution in [0.15, 0.2) is 18.2 Å². The monoisotopic (exact) mass is 236 g/mol. The molecule has 2 unspecified atom stereocenters. The van der Waals surface area contributed by atoms with Crippen molar-refractivity contribution in [2.45, 2.75) is 44.5 Å². The van der Waals surface area contributed by atoms with E-state index in [1.807, 2.05) is 11.8 Å². The lowest BCUT2D eigenvalue weighted by molar-refractivity contribution is 0.170. The van der Waals surface area contributed by atoms with Gasteiger partial charge in [0, 0.05) is 5.25 Å². The number of aryl methyl sites for hydroxylation is 2. The van der Waals surface area contributed by atoms with E-state index in [0.717, 1.165) is 6.42 Å². The normalized spacial score (nSPS) is 22.3. The van der Waals surface area contributed by atoms with E-state index in [4.69, 9.17) is 0 Å². The van der Waals surface area contributed by atoms with Crippen LogP contribution in [-0.2, 0) is 6.42 Å². The average Bonchev–Trinajstić information content (AvgIpc) is 2.76. The molecule has 1 N–H and O–H groups in total. The standard InChI is InChI=1S/C14H20OS/c1-10-5-3-6-11(2)12(10)9-13(15)14-7-4-8-16-14/h3,5-6,13-15H,4,7-9H2,1-2H3. The Hall–Kier alpha value is -0.470. The highest BCUT2D eigenvalue weighted by Crippen LogP contribution is 2.30. The minimum Gasteiger partial charge on any atom is -0.392 e. The van der Waals surface area contributed by atoms with Crippen LogP contribution in [0.4, 0.5) is 0 Å². The van der Waals surface area contributed by atoms with Crippen molar-refractivity contribution in [3.8, 4) is 0 Å². The van der Waals surface area contributed by atoms with Gasteiger partial charge in [0.15, 0.2) is 0 Å². The Kier molecular flexibility index (Phi) is 3.93. The summed E-state index contributed by atoms with van der Waals surface area (Å²) in [5.41, 5.74) is 3.95. The van der Waals surface area contributed by atoms with Crippen LogP contribution in [0, 0.1) is 13.8 Å². The van der Waals surface area contributed by atoms with E-state index in [9.17, 15) is 5.11 Å². The van der Waals surface area contributed by atoms with Gasteiger partial charge in [-0.3, -0.25) is 0 Å². The van der Waals surface area contributed by atoms with Gasteiger partial charge >= 0.3 is 0 Å². The molecule has 1 aromatic rings. The molecule has 0 saturated carbocycles. The zero-order chi connectivity index (χ0) is 11.5. The van der Waals surface area contributed by atoms with E-state index in [0.29, 0.717) is 5.25 Å². The lowest BCUT2D eigenvalue weighted by atomic mass is 9.95. The molecule has 1 saturated heterocycles. The summed E-state index contributed by atoms with van der Waals surface area (Å²) in [6.07, 6.45) is 3.08. The number of hydrogen-bond donors (Lipinski definition) is 1. The number of rotatable bonds is 3. The van der Waals surface area contributed by atoms with Crippen molar-refractivity contribution in [1.29, 1.82) is 0 Å². The summed E-state index contributed by atoms with van der Waals surface area (Å²) in [4.78, 5) is 0. The summed E-state index contributed by atoms with van der Waals surface area (Å²) in [5, 5.41) is 10.7. The summed E-state index contributed by atoms with van der Waals surface area (Å²) < 4.78 is 0. The molecule has 0 aromatic heterocycles. The van der Waals surface area contributed by atoms with E-state index in [-0.39, 0.29) is 6.10 Å². The molecule has 0 amide bonds. The first kappa shape index (κ1) is 12.0. The lowest BCUT2D eigenvalue weighted by Crippen LogP contribution is -2.23. The van der Waals surface area contributed by atoms with Crippen LogP contribution < -0.4 is 0 Å². The maximum absolute atomic E-state index is 10.2. The first-order valence-electron chi connectivity index (χ1n) is 6.03. The van der Waals surface area contributed by atoms with E-state index >= 15 is 0 Å². The molecular formula is C14H20OS. The summed E-state index contributed by atoms with van der Waals surface area (Å²) in [5.74, 6) is 1.22. The third kappa shape index (κ3) is 2.61. The first-order chi connectivity index (χ1) is 7.68. The number of thioether (sulfide) groups is 1. The fraction of sp³-hybridized carbons (Fsp3) is 0.571. The Morgan fingerprint density at radius 3 is 2.62 bits per heavy atom. The van der Waals surface area contributed by atoms with Crippen LogP contribution in [0.2, 0.25) is 0 Å². The molecule has 2 atom stereocenters.